The first-order valence-corrected chi connectivity index (χ1v) is 3.15. The predicted molar refractivity (Wildman–Crippen MR) is 31.5 cm³/mol. The van der Waals surface area contributed by atoms with Crippen molar-refractivity contribution < 1.29 is 8.78 Å². The molecule has 0 saturated carbocycles. The summed E-state index contributed by atoms with van der Waals surface area (Å²) in [4.78, 5) is 0. The molecule has 56 valence electrons. The second-order valence-electron chi connectivity index (χ2n) is 2.41. The van der Waals surface area contributed by atoms with Crippen LogP contribution < -0.4 is 5.32 Å². The van der Waals surface area contributed by atoms with Crippen molar-refractivity contribution in [2.75, 3.05) is 13.1 Å². The van der Waals surface area contributed by atoms with Gasteiger partial charge in [-0.15, -0.1) is 0 Å². The monoisotopic (exact) mass is 146 g/mol. The summed E-state index contributed by atoms with van der Waals surface area (Å²) in [6, 6.07) is 1.60. The van der Waals surface area contributed by atoms with Crippen molar-refractivity contribution in [3.8, 4) is 6.07 Å². The van der Waals surface area contributed by atoms with E-state index < -0.39 is 11.8 Å². The molecule has 1 rings (SSSR count). The zero-order valence-corrected chi connectivity index (χ0v) is 5.40. The fourth-order valence-corrected chi connectivity index (χ4v) is 0.995. The summed E-state index contributed by atoms with van der Waals surface area (Å²) < 4.78 is 25.2. The van der Waals surface area contributed by atoms with E-state index in [2.05, 4.69) is 5.32 Å². The highest BCUT2D eigenvalue weighted by molar-refractivity contribution is 4.97. The number of alkyl halides is 2. The zero-order valence-electron chi connectivity index (χ0n) is 5.40. The number of nitriles is 1. The van der Waals surface area contributed by atoms with E-state index in [0.29, 0.717) is 6.54 Å². The molecule has 0 unspecified atom stereocenters. The Morgan fingerprint density at radius 1 is 1.60 bits per heavy atom. The highest BCUT2D eigenvalue weighted by Gasteiger charge is 2.41. The van der Waals surface area contributed by atoms with Crippen LogP contribution >= 0.6 is 0 Å². The van der Waals surface area contributed by atoms with Gasteiger partial charge in [0.2, 0.25) is 0 Å². The maximum absolute atomic E-state index is 12.6. The lowest BCUT2D eigenvalue weighted by molar-refractivity contribution is -0.0518. The van der Waals surface area contributed by atoms with E-state index >= 15 is 0 Å². The summed E-state index contributed by atoms with van der Waals surface area (Å²) in [6.07, 6.45) is 0.253. The van der Waals surface area contributed by atoms with Gasteiger partial charge in [0.05, 0.1) is 12.6 Å². The molecule has 10 heavy (non-hydrogen) atoms. The van der Waals surface area contributed by atoms with E-state index in [9.17, 15) is 8.78 Å². The van der Waals surface area contributed by atoms with E-state index in [1.807, 2.05) is 0 Å². The molecular weight excluding hydrogens is 138 g/mol. The maximum atomic E-state index is 12.6. The zero-order chi connectivity index (χ0) is 7.61. The molecule has 1 heterocycles. The summed E-state index contributed by atoms with van der Waals surface area (Å²) in [5, 5.41) is 10.8. The van der Waals surface area contributed by atoms with E-state index in [0.717, 1.165) is 0 Å². The predicted octanol–water partition coefficient (Wildman–Crippen LogP) is 0.755. The quantitative estimate of drug-likeness (QED) is 0.547. The van der Waals surface area contributed by atoms with E-state index in [1.54, 1.807) is 6.07 Å². The van der Waals surface area contributed by atoms with Crippen LogP contribution in [0.3, 0.4) is 0 Å². The second-order valence-corrected chi connectivity index (χ2v) is 2.41. The first-order valence-electron chi connectivity index (χ1n) is 3.15. The Labute approximate surface area is 57.8 Å². The first-order chi connectivity index (χ1) is 4.67. The van der Waals surface area contributed by atoms with Crippen molar-refractivity contribution in [3.05, 3.63) is 0 Å². The Hall–Kier alpha value is -0.690. The molecule has 4 heteroatoms. The van der Waals surface area contributed by atoms with Crippen LogP contribution in [0.4, 0.5) is 8.78 Å². The number of hydrogen-bond donors (Lipinski definition) is 1. The van der Waals surface area contributed by atoms with Crippen LogP contribution in [0.15, 0.2) is 0 Å². The molecule has 0 amide bonds. The van der Waals surface area contributed by atoms with Crippen molar-refractivity contribution in [1.29, 1.82) is 5.26 Å². The third kappa shape index (κ3) is 1.24. The van der Waals surface area contributed by atoms with E-state index in [1.165, 1.54) is 0 Å². The summed E-state index contributed by atoms with van der Waals surface area (Å²) in [7, 11) is 0. The summed E-state index contributed by atoms with van der Waals surface area (Å²) >= 11 is 0. The topological polar surface area (TPSA) is 35.8 Å². The van der Waals surface area contributed by atoms with Gasteiger partial charge in [-0.1, -0.05) is 0 Å². The molecule has 1 fully saturated rings. The summed E-state index contributed by atoms with van der Waals surface area (Å²) in [6.45, 7) is 0.166. The second kappa shape index (κ2) is 2.51. The highest BCUT2D eigenvalue weighted by atomic mass is 19.3. The lowest BCUT2D eigenvalue weighted by atomic mass is 9.96. The molecule has 0 bridgehead atoms. The summed E-state index contributed by atoms with van der Waals surface area (Å²) in [5.41, 5.74) is 0. The van der Waals surface area contributed by atoms with Crippen LogP contribution in [-0.2, 0) is 0 Å². The van der Waals surface area contributed by atoms with Gasteiger partial charge in [0.15, 0.2) is 0 Å². The van der Waals surface area contributed by atoms with E-state index in [-0.39, 0.29) is 13.0 Å². The fourth-order valence-electron chi connectivity index (χ4n) is 0.995. The molecule has 0 spiro atoms. The molecule has 1 saturated heterocycles. The summed E-state index contributed by atoms with van der Waals surface area (Å²) in [5.74, 6) is -3.92. The molecule has 2 nitrogen and oxygen atoms in total. The van der Waals surface area contributed by atoms with Crippen molar-refractivity contribution in [1.82, 2.24) is 5.32 Å². The average molecular weight is 146 g/mol. The molecule has 0 aromatic carbocycles. The lowest BCUT2D eigenvalue weighted by Gasteiger charge is -2.26. The first kappa shape index (κ1) is 7.42. The van der Waals surface area contributed by atoms with Crippen LogP contribution in [0.1, 0.15) is 6.42 Å². The highest BCUT2D eigenvalue weighted by Crippen LogP contribution is 2.28. The minimum Gasteiger partial charge on any atom is -0.311 e. The minimum atomic E-state index is -2.83. The van der Waals surface area contributed by atoms with Crippen LogP contribution in [-0.4, -0.2) is 19.0 Å². The smallest absolute Gasteiger partial charge is 0.275 e. The molecule has 1 N–H and O–H groups in total. The van der Waals surface area contributed by atoms with Crippen LogP contribution in [0.25, 0.3) is 0 Å². The molecular formula is C6H8F2N2. The molecule has 1 aliphatic heterocycles. The number of halogens is 2. The third-order valence-electron chi connectivity index (χ3n) is 1.64. The van der Waals surface area contributed by atoms with Gasteiger partial charge in [-0.25, -0.2) is 8.78 Å². The Morgan fingerprint density at radius 3 is 2.70 bits per heavy atom. The van der Waals surface area contributed by atoms with Crippen LogP contribution in [0.2, 0.25) is 0 Å². The van der Waals surface area contributed by atoms with Gasteiger partial charge >= 0.3 is 0 Å². The van der Waals surface area contributed by atoms with Crippen LogP contribution in [0, 0.1) is 17.2 Å². The minimum absolute atomic E-state index is 0.253. The normalized spacial score (nSPS) is 31.1. The van der Waals surface area contributed by atoms with Gasteiger partial charge in [0.1, 0.15) is 5.92 Å². The van der Waals surface area contributed by atoms with Crippen molar-refractivity contribution in [2.24, 2.45) is 5.92 Å². The molecule has 0 aliphatic carbocycles. The van der Waals surface area contributed by atoms with Gasteiger partial charge < -0.3 is 5.32 Å². The Kier molecular flexibility index (Phi) is 1.86. The third-order valence-corrected chi connectivity index (χ3v) is 1.64. The SMILES string of the molecule is N#C[C@H]1CCNCC1(F)F. The van der Waals surface area contributed by atoms with Gasteiger partial charge in [0.25, 0.3) is 5.92 Å². The van der Waals surface area contributed by atoms with Crippen LogP contribution in [0.5, 0.6) is 0 Å². The molecule has 0 aromatic heterocycles. The Bertz CT molecular complexity index is 162. The Morgan fingerprint density at radius 2 is 2.30 bits per heavy atom. The fraction of sp³-hybridized carbons (Fsp3) is 0.833. The largest absolute Gasteiger partial charge is 0.311 e. The molecule has 1 atom stereocenters. The maximum Gasteiger partial charge on any atom is 0.275 e. The number of rotatable bonds is 0. The van der Waals surface area contributed by atoms with Crippen molar-refractivity contribution in [2.45, 2.75) is 12.3 Å². The van der Waals surface area contributed by atoms with Gasteiger partial charge in [-0.3, -0.25) is 0 Å². The standard InChI is InChI=1S/C6H8F2N2/c7-6(8)4-10-2-1-5(6)3-9/h5,10H,1-2,4H2/t5-/m1/s1. The van der Waals surface area contributed by atoms with Gasteiger partial charge in [-0.05, 0) is 13.0 Å². The van der Waals surface area contributed by atoms with Gasteiger partial charge in [0, 0.05) is 0 Å². The van der Waals surface area contributed by atoms with E-state index in [4.69, 9.17) is 5.26 Å². The molecule has 1 aliphatic rings. The van der Waals surface area contributed by atoms with Crippen molar-refractivity contribution >= 4 is 0 Å². The number of nitrogens with one attached hydrogen (secondary N) is 1. The van der Waals surface area contributed by atoms with Crippen molar-refractivity contribution in [3.63, 3.8) is 0 Å². The average Bonchev–Trinajstić information content (AvgIpc) is 1.87. The number of hydrogen-bond acceptors (Lipinski definition) is 2. The number of nitrogens with zero attached hydrogens (tertiary/aromatic N) is 1. The Balaban J connectivity index is 2.62. The lowest BCUT2D eigenvalue weighted by Crippen LogP contribution is -2.45. The number of piperidine rings is 1. The van der Waals surface area contributed by atoms with Gasteiger partial charge in [-0.2, -0.15) is 5.26 Å². The molecule has 0 radical (unpaired) electrons. The molecule has 0 aromatic rings.